The van der Waals surface area contributed by atoms with E-state index in [0.29, 0.717) is 10.6 Å². The molecule has 2 rings (SSSR count). The summed E-state index contributed by atoms with van der Waals surface area (Å²) in [6.07, 6.45) is -1.02. The molecule has 1 atom stereocenters. The first-order valence-electron chi connectivity index (χ1n) is 5.07. The largest absolute Gasteiger partial charge is 0.384 e. The normalized spacial score (nSPS) is 12.5. The first kappa shape index (κ1) is 14.2. The molecule has 0 radical (unpaired) electrons. The Morgan fingerprint density at radius 1 is 1.17 bits per heavy atom. The molecule has 94 valence electrons. The maximum atomic E-state index is 13.8. The van der Waals surface area contributed by atoms with Gasteiger partial charge in [0.15, 0.2) is 0 Å². The molecule has 0 fully saturated rings. The highest BCUT2D eigenvalue weighted by molar-refractivity contribution is 14.1. The lowest BCUT2D eigenvalue weighted by Gasteiger charge is -2.14. The molecule has 0 aliphatic rings. The number of aliphatic hydroxyl groups excluding tert-OH is 1. The second-order valence-corrected chi connectivity index (χ2v) is 6.27. The number of rotatable bonds is 2. The van der Waals surface area contributed by atoms with Crippen LogP contribution in [0.1, 0.15) is 17.2 Å². The van der Waals surface area contributed by atoms with Gasteiger partial charge in [-0.1, -0.05) is 33.6 Å². The van der Waals surface area contributed by atoms with E-state index in [4.69, 9.17) is 11.6 Å². The van der Waals surface area contributed by atoms with E-state index in [1.54, 1.807) is 6.07 Å². The molecule has 18 heavy (non-hydrogen) atoms. The number of halogens is 4. The Morgan fingerprint density at radius 3 is 2.56 bits per heavy atom. The van der Waals surface area contributed by atoms with Crippen LogP contribution in [-0.2, 0) is 0 Å². The zero-order valence-electron chi connectivity index (χ0n) is 9.00. The van der Waals surface area contributed by atoms with Crippen LogP contribution < -0.4 is 0 Å². The molecule has 0 heterocycles. The molecule has 0 bridgehead atoms. The van der Waals surface area contributed by atoms with Gasteiger partial charge in [-0.05, 0) is 52.9 Å². The third-order valence-corrected chi connectivity index (χ3v) is 4.14. The van der Waals surface area contributed by atoms with Gasteiger partial charge in [0, 0.05) is 24.2 Å². The molecule has 0 aliphatic heterocycles. The highest BCUT2D eigenvalue weighted by Crippen LogP contribution is 2.31. The van der Waals surface area contributed by atoms with Crippen molar-refractivity contribution >= 4 is 50.1 Å². The quantitative estimate of drug-likeness (QED) is 0.656. The lowest BCUT2D eigenvalue weighted by molar-refractivity contribution is 0.214. The second kappa shape index (κ2) is 5.86. The Morgan fingerprint density at radius 2 is 1.89 bits per heavy atom. The summed E-state index contributed by atoms with van der Waals surface area (Å²) in [5, 5.41) is 10.6. The van der Waals surface area contributed by atoms with Gasteiger partial charge in [-0.25, -0.2) is 4.39 Å². The molecule has 1 nitrogen and oxygen atoms in total. The van der Waals surface area contributed by atoms with E-state index in [9.17, 15) is 9.50 Å². The van der Waals surface area contributed by atoms with E-state index in [2.05, 4.69) is 38.5 Å². The van der Waals surface area contributed by atoms with Crippen LogP contribution in [0.25, 0.3) is 0 Å². The summed E-state index contributed by atoms with van der Waals surface area (Å²) in [4.78, 5) is 0. The summed E-state index contributed by atoms with van der Waals surface area (Å²) >= 11 is 11.2. The van der Waals surface area contributed by atoms with Crippen molar-refractivity contribution in [3.8, 4) is 0 Å². The van der Waals surface area contributed by atoms with Crippen molar-refractivity contribution in [2.45, 2.75) is 6.10 Å². The maximum Gasteiger partial charge on any atom is 0.130 e. The highest BCUT2D eigenvalue weighted by Gasteiger charge is 2.18. The van der Waals surface area contributed by atoms with Crippen LogP contribution in [0.2, 0.25) is 5.02 Å². The lowest BCUT2D eigenvalue weighted by Crippen LogP contribution is -2.03. The van der Waals surface area contributed by atoms with E-state index in [1.807, 2.05) is 18.2 Å². The third-order valence-electron chi connectivity index (χ3n) is 2.51. The zero-order chi connectivity index (χ0) is 13.3. The van der Waals surface area contributed by atoms with Crippen LogP contribution in [0.15, 0.2) is 40.9 Å². The van der Waals surface area contributed by atoms with Crippen LogP contribution in [0, 0.1) is 9.39 Å². The van der Waals surface area contributed by atoms with E-state index < -0.39 is 11.9 Å². The van der Waals surface area contributed by atoms with E-state index in [0.717, 1.165) is 8.04 Å². The summed E-state index contributed by atoms with van der Waals surface area (Å²) in [5.41, 5.74) is 0.838. The van der Waals surface area contributed by atoms with Gasteiger partial charge in [-0.3, -0.25) is 0 Å². The zero-order valence-corrected chi connectivity index (χ0v) is 13.5. The fraction of sp³-hybridized carbons (Fsp3) is 0.0769. The summed E-state index contributed by atoms with van der Waals surface area (Å²) in [6.45, 7) is 0. The third kappa shape index (κ3) is 3.04. The van der Waals surface area contributed by atoms with Gasteiger partial charge in [0.2, 0.25) is 0 Å². The Labute approximate surface area is 131 Å². The first-order chi connectivity index (χ1) is 8.49. The Kier molecular flexibility index (Phi) is 4.64. The van der Waals surface area contributed by atoms with Crippen LogP contribution in [0.4, 0.5) is 4.39 Å². The minimum absolute atomic E-state index is 0.210. The van der Waals surface area contributed by atoms with Crippen molar-refractivity contribution in [2.75, 3.05) is 0 Å². The van der Waals surface area contributed by atoms with Crippen molar-refractivity contribution in [3.63, 3.8) is 0 Å². The van der Waals surface area contributed by atoms with Crippen molar-refractivity contribution in [3.05, 3.63) is 66.4 Å². The fourth-order valence-electron chi connectivity index (χ4n) is 1.61. The summed E-state index contributed by atoms with van der Waals surface area (Å²) < 4.78 is 15.5. The smallest absolute Gasteiger partial charge is 0.130 e. The standard InChI is InChI=1S/C13H8BrClFIO/c14-11-4-2-8(17)6-10(11)13(18)9-3-1-7(15)5-12(9)16/h1-6,13,18H. The summed E-state index contributed by atoms with van der Waals surface area (Å²) in [5.74, 6) is -0.513. The molecule has 0 saturated carbocycles. The molecule has 0 saturated heterocycles. The first-order valence-corrected chi connectivity index (χ1v) is 7.32. The Balaban J connectivity index is 2.47. The average Bonchev–Trinajstić information content (AvgIpc) is 2.31. The molecular formula is C13H8BrClFIO. The summed E-state index contributed by atoms with van der Waals surface area (Å²) in [7, 11) is 0. The van der Waals surface area contributed by atoms with Gasteiger partial charge in [0.1, 0.15) is 11.9 Å². The van der Waals surface area contributed by atoms with Crippen LogP contribution in [0.5, 0.6) is 0 Å². The average molecular weight is 441 g/mol. The monoisotopic (exact) mass is 440 g/mol. The molecule has 2 aromatic carbocycles. The topological polar surface area (TPSA) is 20.2 Å². The number of aliphatic hydroxyl groups is 1. The summed E-state index contributed by atoms with van der Waals surface area (Å²) in [6, 6.07) is 9.79. The predicted molar refractivity (Wildman–Crippen MR) is 82.3 cm³/mol. The molecule has 5 heteroatoms. The van der Waals surface area contributed by atoms with Crippen molar-refractivity contribution in [1.82, 2.24) is 0 Å². The molecule has 0 amide bonds. The van der Waals surface area contributed by atoms with Crippen LogP contribution in [0.3, 0.4) is 0 Å². The Bertz CT molecular complexity index is 591. The minimum atomic E-state index is -1.02. The van der Waals surface area contributed by atoms with Gasteiger partial charge in [-0.2, -0.15) is 0 Å². The fourth-order valence-corrected chi connectivity index (χ4v) is 2.75. The molecule has 1 N–H and O–H groups in total. The number of hydrogen-bond donors (Lipinski definition) is 1. The van der Waals surface area contributed by atoms with Gasteiger partial charge in [0.25, 0.3) is 0 Å². The van der Waals surface area contributed by atoms with Gasteiger partial charge in [-0.15, -0.1) is 0 Å². The molecular weight excluding hydrogens is 433 g/mol. The van der Waals surface area contributed by atoms with Gasteiger partial charge >= 0.3 is 0 Å². The highest BCUT2D eigenvalue weighted by atomic mass is 127. The predicted octanol–water partition coefficient (Wildman–Crippen LogP) is 4.93. The molecule has 0 aromatic heterocycles. The van der Waals surface area contributed by atoms with Crippen LogP contribution in [-0.4, -0.2) is 5.11 Å². The van der Waals surface area contributed by atoms with Crippen molar-refractivity contribution in [2.24, 2.45) is 0 Å². The number of hydrogen-bond acceptors (Lipinski definition) is 1. The van der Waals surface area contributed by atoms with Crippen molar-refractivity contribution in [1.29, 1.82) is 0 Å². The molecule has 0 spiro atoms. The van der Waals surface area contributed by atoms with Gasteiger partial charge in [0.05, 0.1) is 0 Å². The maximum absolute atomic E-state index is 13.8. The lowest BCUT2D eigenvalue weighted by atomic mass is 10.0. The Hall–Kier alpha value is -0.170. The second-order valence-electron chi connectivity index (χ2n) is 3.73. The van der Waals surface area contributed by atoms with Crippen LogP contribution >= 0.6 is 50.1 Å². The van der Waals surface area contributed by atoms with E-state index in [1.165, 1.54) is 12.1 Å². The van der Waals surface area contributed by atoms with E-state index >= 15 is 0 Å². The van der Waals surface area contributed by atoms with Gasteiger partial charge < -0.3 is 5.11 Å². The molecule has 0 aliphatic carbocycles. The molecule has 1 unspecified atom stereocenters. The SMILES string of the molecule is OC(c1ccc(Cl)cc1F)c1cc(I)ccc1Br. The minimum Gasteiger partial charge on any atom is -0.384 e. The van der Waals surface area contributed by atoms with E-state index in [-0.39, 0.29) is 5.56 Å². The molecule has 2 aromatic rings. The number of benzene rings is 2. The van der Waals surface area contributed by atoms with Crippen molar-refractivity contribution < 1.29 is 9.50 Å².